The lowest BCUT2D eigenvalue weighted by Gasteiger charge is -2.14. The highest BCUT2D eigenvalue weighted by molar-refractivity contribution is 6.37. The van der Waals surface area contributed by atoms with Gasteiger partial charge in [0, 0.05) is 22.3 Å². The molecule has 27 heavy (non-hydrogen) atoms. The summed E-state index contributed by atoms with van der Waals surface area (Å²) in [4.78, 5) is 0. The molecule has 0 saturated heterocycles. The van der Waals surface area contributed by atoms with E-state index in [1.807, 2.05) is 61.5 Å². The van der Waals surface area contributed by atoms with Gasteiger partial charge in [0.05, 0.1) is 10.0 Å². The van der Waals surface area contributed by atoms with Crippen molar-refractivity contribution in [3.8, 4) is 5.75 Å². The third-order valence-electron chi connectivity index (χ3n) is 4.11. The van der Waals surface area contributed by atoms with Crippen LogP contribution in [0.4, 0.5) is 5.69 Å². The van der Waals surface area contributed by atoms with E-state index in [0.717, 1.165) is 27.4 Å². The Morgan fingerprint density at radius 2 is 1.48 bits per heavy atom. The maximum absolute atomic E-state index is 6.38. The molecule has 0 aromatic heterocycles. The van der Waals surface area contributed by atoms with E-state index in [1.54, 1.807) is 0 Å². The second-order valence-electron chi connectivity index (χ2n) is 6.07. The van der Waals surface area contributed by atoms with Crippen LogP contribution in [0.3, 0.4) is 0 Å². The molecule has 2 nitrogen and oxygen atoms in total. The summed E-state index contributed by atoms with van der Waals surface area (Å²) in [6, 6.07) is 16.9. The SMILES string of the molecule is Cc1c(Cl)cccc1NCc1cc(Cl)c(OCc2ccc(Cl)cc2)c(Cl)c1. The first kappa shape index (κ1) is 20.2. The molecule has 3 aromatic rings. The number of benzene rings is 3. The number of hydrogen-bond donors (Lipinski definition) is 1. The predicted molar refractivity (Wildman–Crippen MR) is 116 cm³/mol. The highest BCUT2D eigenvalue weighted by atomic mass is 35.5. The van der Waals surface area contributed by atoms with Crippen LogP contribution < -0.4 is 10.1 Å². The number of ether oxygens (including phenoxy) is 1. The maximum atomic E-state index is 6.38. The zero-order valence-corrected chi connectivity index (χ0v) is 17.6. The van der Waals surface area contributed by atoms with Crippen molar-refractivity contribution in [3.63, 3.8) is 0 Å². The topological polar surface area (TPSA) is 21.3 Å². The lowest BCUT2D eigenvalue weighted by molar-refractivity contribution is 0.306. The van der Waals surface area contributed by atoms with Crippen molar-refractivity contribution in [2.75, 3.05) is 5.32 Å². The summed E-state index contributed by atoms with van der Waals surface area (Å²) in [5.41, 5.74) is 3.90. The van der Waals surface area contributed by atoms with Crippen LogP contribution in [0.1, 0.15) is 16.7 Å². The highest BCUT2D eigenvalue weighted by Crippen LogP contribution is 2.35. The molecule has 0 aliphatic carbocycles. The minimum atomic E-state index is 0.357. The Kier molecular flexibility index (Phi) is 6.78. The molecule has 0 atom stereocenters. The molecule has 0 unspecified atom stereocenters. The van der Waals surface area contributed by atoms with E-state index >= 15 is 0 Å². The van der Waals surface area contributed by atoms with Gasteiger partial charge in [0.25, 0.3) is 0 Å². The third-order valence-corrected chi connectivity index (χ3v) is 5.33. The first-order valence-corrected chi connectivity index (χ1v) is 9.79. The Morgan fingerprint density at radius 3 is 2.15 bits per heavy atom. The molecule has 0 amide bonds. The van der Waals surface area contributed by atoms with Crippen molar-refractivity contribution in [2.24, 2.45) is 0 Å². The molecule has 0 radical (unpaired) electrons. The minimum Gasteiger partial charge on any atom is -0.486 e. The number of anilines is 1. The third kappa shape index (κ3) is 5.24. The fraction of sp³-hybridized carbons (Fsp3) is 0.143. The average molecular weight is 441 g/mol. The first-order valence-electron chi connectivity index (χ1n) is 8.28. The predicted octanol–water partition coefficient (Wildman–Crippen LogP) is 7.80. The van der Waals surface area contributed by atoms with E-state index in [4.69, 9.17) is 51.1 Å². The van der Waals surface area contributed by atoms with Crippen LogP contribution in [0.25, 0.3) is 0 Å². The van der Waals surface area contributed by atoms with Crippen LogP contribution in [0.15, 0.2) is 54.6 Å². The molecule has 3 rings (SSSR count). The van der Waals surface area contributed by atoms with Crippen LogP contribution in [-0.2, 0) is 13.2 Å². The summed E-state index contributed by atoms with van der Waals surface area (Å²) in [7, 11) is 0. The molecule has 0 heterocycles. The smallest absolute Gasteiger partial charge is 0.156 e. The standard InChI is InChI=1S/C21H17Cl4NO/c1-13-17(23)3-2-4-20(13)26-11-15-9-18(24)21(19(25)10-15)27-12-14-5-7-16(22)8-6-14/h2-10,26H,11-12H2,1H3. The second-order valence-corrected chi connectivity index (χ2v) is 7.73. The molecular formula is C21H17Cl4NO. The van der Waals surface area contributed by atoms with Gasteiger partial charge in [-0.15, -0.1) is 0 Å². The number of nitrogens with one attached hydrogen (secondary N) is 1. The lowest BCUT2D eigenvalue weighted by Crippen LogP contribution is -2.02. The molecule has 3 aromatic carbocycles. The zero-order chi connectivity index (χ0) is 19.4. The van der Waals surface area contributed by atoms with Crippen molar-refractivity contribution >= 4 is 52.1 Å². The Hall–Kier alpha value is -1.58. The molecule has 0 saturated carbocycles. The fourth-order valence-corrected chi connectivity index (χ4v) is 3.53. The normalized spacial score (nSPS) is 10.7. The van der Waals surface area contributed by atoms with Crippen LogP contribution in [0.5, 0.6) is 5.75 Å². The summed E-state index contributed by atoms with van der Waals surface area (Å²) < 4.78 is 5.80. The summed E-state index contributed by atoms with van der Waals surface area (Å²) >= 11 is 24.8. The Morgan fingerprint density at radius 1 is 0.815 bits per heavy atom. The van der Waals surface area contributed by atoms with Crippen LogP contribution in [0.2, 0.25) is 20.1 Å². The molecule has 0 aliphatic rings. The Balaban J connectivity index is 1.68. The monoisotopic (exact) mass is 439 g/mol. The molecular weight excluding hydrogens is 424 g/mol. The van der Waals surface area contributed by atoms with Gasteiger partial charge in [0.1, 0.15) is 6.61 Å². The Labute approximate surface area is 179 Å². The van der Waals surface area contributed by atoms with Crippen molar-refractivity contribution in [1.29, 1.82) is 0 Å². The van der Waals surface area contributed by atoms with Gasteiger partial charge >= 0.3 is 0 Å². The molecule has 140 valence electrons. The van der Waals surface area contributed by atoms with Crippen LogP contribution in [-0.4, -0.2) is 0 Å². The van der Waals surface area contributed by atoms with Gasteiger partial charge in [-0.3, -0.25) is 0 Å². The van der Waals surface area contributed by atoms with Crippen LogP contribution in [0, 0.1) is 6.92 Å². The largest absolute Gasteiger partial charge is 0.486 e. The summed E-state index contributed by atoms with van der Waals surface area (Å²) in [6.07, 6.45) is 0. The first-order chi connectivity index (χ1) is 12.9. The van der Waals surface area contributed by atoms with Gasteiger partial charge in [-0.25, -0.2) is 0 Å². The summed E-state index contributed by atoms with van der Waals surface area (Å²) in [6.45, 7) is 2.90. The van der Waals surface area contributed by atoms with Crippen molar-refractivity contribution in [1.82, 2.24) is 0 Å². The van der Waals surface area contributed by atoms with Gasteiger partial charge in [0.15, 0.2) is 5.75 Å². The van der Waals surface area contributed by atoms with Gasteiger partial charge in [-0.1, -0.05) is 64.6 Å². The van der Waals surface area contributed by atoms with E-state index in [2.05, 4.69) is 5.32 Å². The van der Waals surface area contributed by atoms with Gasteiger partial charge in [-0.2, -0.15) is 0 Å². The molecule has 0 bridgehead atoms. The van der Waals surface area contributed by atoms with Gasteiger partial charge < -0.3 is 10.1 Å². The maximum Gasteiger partial charge on any atom is 0.156 e. The zero-order valence-electron chi connectivity index (χ0n) is 14.5. The summed E-state index contributed by atoms with van der Waals surface area (Å²) in [5.74, 6) is 0.468. The van der Waals surface area contributed by atoms with Crippen molar-refractivity contribution < 1.29 is 4.74 Å². The highest BCUT2D eigenvalue weighted by Gasteiger charge is 2.11. The Bertz CT molecular complexity index is 918. The van der Waals surface area contributed by atoms with Gasteiger partial charge in [0.2, 0.25) is 0 Å². The number of halogens is 4. The minimum absolute atomic E-state index is 0.357. The molecule has 0 spiro atoms. The molecule has 0 aliphatic heterocycles. The van der Waals surface area contributed by atoms with E-state index in [-0.39, 0.29) is 0 Å². The van der Waals surface area contributed by atoms with E-state index < -0.39 is 0 Å². The lowest BCUT2D eigenvalue weighted by atomic mass is 10.1. The fourth-order valence-electron chi connectivity index (χ4n) is 2.58. The molecule has 6 heteroatoms. The van der Waals surface area contributed by atoms with E-state index in [1.165, 1.54) is 0 Å². The average Bonchev–Trinajstić information content (AvgIpc) is 2.64. The molecule has 0 fully saturated rings. The quantitative estimate of drug-likeness (QED) is 0.422. The number of rotatable bonds is 6. The van der Waals surface area contributed by atoms with Crippen molar-refractivity contribution in [3.05, 3.63) is 91.4 Å². The second kappa shape index (κ2) is 9.07. The molecule has 1 N–H and O–H groups in total. The van der Waals surface area contributed by atoms with Crippen LogP contribution >= 0.6 is 46.4 Å². The summed E-state index contributed by atoms with van der Waals surface area (Å²) in [5, 5.41) is 5.70. The van der Waals surface area contributed by atoms with Crippen molar-refractivity contribution in [2.45, 2.75) is 20.1 Å². The number of hydrogen-bond acceptors (Lipinski definition) is 2. The van der Waals surface area contributed by atoms with Gasteiger partial charge in [-0.05, 0) is 60.0 Å². The van der Waals surface area contributed by atoms with E-state index in [0.29, 0.717) is 34.0 Å². The van der Waals surface area contributed by atoms with E-state index in [9.17, 15) is 0 Å².